The first-order valence-corrected chi connectivity index (χ1v) is 5.75. The van der Waals surface area contributed by atoms with Crippen LogP contribution in [0.25, 0.3) is 0 Å². The Hall–Kier alpha value is -1.65. The van der Waals surface area contributed by atoms with Crippen molar-refractivity contribution in [3.05, 3.63) is 17.6 Å². The summed E-state index contributed by atoms with van der Waals surface area (Å²) in [6.45, 7) is 5.05. The molecule has 1 aromatic rings. The molecule has 0 unspecified atom stereocenters. The Morgan fingerprint density at radius 2 is 2.12 bits per heavy atom. The van der Waals surface area contributed by atoms with Crippen LogP contribution in [0.5, 0.6) is 0 Å². The third-order valence-corrected chi connectivity index (χ3v) is 2.83. The number of anilines is 1. The maximum atomic E-state index is 11.0. The highest BCUT2D eigenvalue weighted by Gasteiger charge is 2.29. The number of aliphatic carboxylic acids is 1. The van der Waals surface area contributed by atoms with E-state index in [1.54, 1.807) is 13.8 Å². The van der Waals surface area contributed by atoms with E-state index < -0.39 is 11.5 Å². The number of aromatic nitrogens is 2. The molecule has 0 aromatic carbocycles. The summed E-state index contributed by atoms with van der Waals surface area (Å²) in [4.78, 5) is 19.6. The number of hydrogen-bond donors (Lipinski definition) is 2. The van der Waals surface area contributed by atoms with E-state index in [-0.39, 0.29) is 0 Å². The fourth-order valence-corrected chi connectivity index (χ4v) is 1.62. The van der Waals surface area contributed by atoms with Gasteiger partial charge in [-0.15, -0.1) is 0 Å². The number of carboxylic acids is 1. The van der Waals surface area contributed by atoms with Crippen LogP contribution in [0.2, 0.25) is 0 Å². The van der Waals surface area contributed by atoms with E-state index in [1.807, 2.05) is 13.0 Å². The fraction of sp³-hybridized carbons (Fsp3) is 0.583. The zero-order valence-electron chi connectivity index (χ0n) is 10.3. The molecule has 0 saturated heterocycles. The van der Waals surface area contributed by atoms with Gasteiger partial charge in [0.05, 0.1) is 0 Å². The standard InChI is InChI=1S/C12H17N3O2/c1-7-13-9(8-4-5-8)6-10(14-7)15-12(2,3)11(16)17/h6,8H,4-5H2,1-3H3,(H,16,17)(H,13,14,15). The highest BCUT2D eigenvalue weighted by Crippen LogP contribution is 2.39. The first-order chi connectivity index (χ1) is 7.88. The number of aryl methyl sites for hydroxylation is 1. The molecule has 1 saturated carbocycles. The summed E-state index contributed by atoms with van der Waals surface area (Å²) < 4.78 is 0. The van der Waals surface area contributed by atoms with Crippen molar-refractivity contribution in [1.82, 2.24) is 9.97 Å². The summed E-state index contributed by atoms with van der Waals surface area (Å²) >= 11 is 0. The molecular weight excluding hydrogens is 218 g/mol. The first kappa shape index (κ1) is 11.8. The molecule has 0 atom stereocenters. The van der Waals surface area contributed by atoms with Gasteiger partial charge in [-0.05, 0) is 33.6 Å². The highest BCUT2D eigenvalue weighted by molar-refractivity contribution is 5.81. The third-order valence-electron chi connectivity index (χ3n) is 2.83. The number of nitrogens with zero attached hydrogens (tertiary/aromatic N) is 2. The minimum absolute atomic E-state index is 0.533. The van der Waals surface area contributed by atoms with Crippen LogP contribution < -0.4 is 5.32 Å². The van der Waals surface area contributed by atoms with E-state index >= 15 is 0 Å². The van der Waals surface area contributed by atoms with E-state index in [4.69, 9.17) is 5.11 Å². The summed E-state index contributed by atoms with van der Waals surface area (Å²) in [5.74, 6) is 0.900. The second-order valence-corrected chi connectivity index (χ2v) is 5.05. The van der Waals surface area contributed by atoms with Crippen LogP contribution in [0.15, 0.2) is 6.07 Å². The van der Waals surface area contributed by atoms with Crippen LogP contribution in [0.4, 0.5) is 5.82 Å². The van der Waals surface area contributed by atoms with Gasteiger partial charge in [-0.25, -0.2) is 14.8 Å². The molecular formula is C12H17N3O2. The van der Waals surface area contributed by atoms with Gasteiger partial charge in [0, 0.05) is 17.7 Å². The van der Waals surface area contributed by atoms with Crippen LogP contribution in [0.1, 0.15) is 44.1 Å². The molecule has 0 amide bonds. The Morgan fingerprint density at radius 1 is 1.47 bits per heavy atom. The molecule has 2 N–H and O–H groups in total. The fourth-order valence-electron chi connectivity index (χ4n) is 1.62. The van der Waals surface area contributed by atoms with Crippen LogP contribution in [0.3, 0.4) is 0 Å². The van der Waals surface area contributed by atoms with Gasteiger partial charge in [-0.3, -0.25) is 0 Å². The first-order valence-electron chi connectivity index (χ1n) is 5.75. The molecule has 17 heavy (non-hydrogen) atoms. The minimum Gasteiger partial charge on any atom is -0.480 e. The smallest absolute Gasteiger partial charge is 0.328 e. The molecule has 0 aliphatic heterocycles. The molecule has 1 aromatic heterocycles. The van der Waals surface area contributed by atoms with Gasteiger partial charge in [0.2, 0.25) is 0 Å². The normalized spacial score (nSPS) is 15.7. The van der Waals surface area contributed by atoms with Gasteiger partial charge in [0.15, 0.2) is 0 Å². The molecule has 2 rings (SSSR count). The number of hydrogen-bond acceptors (Lipinski definition) is 4. The Labute approximate surface area is 100 Å². The van der Waals surface area contributed by atoms with Gasteiger partial charge >= 0.3 is 5.97 Å². The average molecular weight is 235 g/mol. The van der Waals surface area contributed by atoms with Gasteiger partial charge in [0.1, 0.15) is 17.2 Å². The Balaban J connectivity index is 2.23. The molecule has 1 fully saturated rings. The van der Waals surface area contributed by atoms with Crippen molar-refractivity contribution in [1.29, 1.82) is 0 Å². The molecule has 0 bridgehead atoms. The van der Waals surface area contributed by atoms with Crippen molar-refractivity contribution >= 4 is 11.8 Å². The molecule has 1 aliphatic rings. The zero-order valence-corrected chi connectivity index (χ0v) is 10.3. The summed E-state index contributed by atoms with van der Waals surface area (Å²) in [6.07, 6.45) is 2.33. The van der Waals surface area contributed by atoms with Crippen LogP contribution in [0, 0.1) is 6.92 Å². The number of rotatable bonds is 4. The summed E-state index contributed by atoms with van der Waals surface area (Å²) in [7, 11) is 0. The van der Waals surface area contributed by atoms with Crippen molar-refractivity contribution in [3.8, 4) is 0 Å². The van der Waals surface area contributed by atoms with Gasteiger partial charge < -0.3 is 10.4 Å². The van der Waals surface area contributed by atoms with E-state index in [2.05, 4.69) is 15.3 Å². The van der Waals surface area contributed by atoms with E-state index in [1.165, 1.54) is 0 Å². The monoisotopic (exact) mass is 235 g/mol. The predicted molar refractivity (Wildman–Crippen MR) is 64.1 cm³/mol. The van der Waals surface area contributed by atoms with Gasteiger partial charge in [-0.1, -0.05) is 0 Å². The predicted octanol–water partition coefficient (Wildman–Crippen LogP) is 1.94. The van der Waals surface area contributed by atoms with Crippen molar-refractivity contribution in [2.24, 2.45) is 0 Å². The molecule has 1 aliphatic carbocycles. The lowest BCUT2D eigenvalue weighted by atomic mass is 10.1. The lowest BCUT2D eigenvalue weighted by Crippen LogP contribution is -2.40. The molecule has 0 radical (unpaired) electrons. The largest absolute Gasteiger partial charge is 0.480 e. The van der Waals surface area contributed by atoms with E-state index in [0.717, 1.165) is 18.5 Å². The number of carbonyl (C=O) groups is 1. The molecule has 5 heteroatoms. The van der Waals surface area contributed by atoms with Gasteiger partial charge in [-0.2, -0.15) is 0 Å². The zero-order chi connectivity index (χ0) is 12.6. The molecule has 5 nitrogen and oxygen atoms in total. The molecule has 0 spiro atoms. The Morgan fingerprint density at radius 3 is 2.65 bits per heavy atom. The number of carboxylic acid groups (broad SMARTS) is 1. The SMILES string of the molecule is Cc1nc(NC(C)(C)C(=O)O)cc(C2CC2)n1. The van der Waals surface area contributed by atoms with E-state index in [0.29, 0.717) is 17.6 Å². The molecule has 1 heterocycles. The summed E-state index contributed by atoms with van der Waals surface area (Å²) in [5.41, 5.74) is -0.0112. The van der Waals surface area contributed by atoms with Crippen molar-refractivity contribution in [3.63, 3.8) is 0 Å². The Bertz CT molecular complexity index is 453. The second kappa shape index (κ2) is 3.98. The summed E-state index contributed by atoms with van der Waals surface area (Å²) in [6, 6.07) is 1.86. The summed E-state index contributed by atoms with van der Waals surface area (Å²) in [5, 5.41) is 12.0. The van der Waals surface area contributed by atoms with Crippen LogP contribution >= 0.6 is 0 Å². The molecule has 92 valence electrons. The Kier molecular flexibility index (Phi) is 2.77. The lowest BCUT2D eigenvalue weighted by molar-refractivity contribution is -0.141. The van der Waals surface area contributed by atoms with Crippen LogP contribution in [-0.2, 0) is 4.79 Å². The van der Waals surface area contributed by atoms with E-state index in [9.17, 15) is 4.79 Å². The maximum Gasteiger partial charge on any atom is 0.328 e. The number of nitrogens with one attached hydrogen (secondary N) is 1. The highest BCUT2D eigenvalue weighted by atomic mass is 16.4. The maximum absolute atomic E-state index is 11.0. The van der Waals surface area contributed by atoms with Crippen LogP contribution in [-0.4, -0.2) is 26.6 Å². The van der Waals surface area contributed by atoms with Crippen molar-refractivity contribution in [2.45, 2.75) is 45.1 Å². The van der Waals surface area contributed by atoms with Crippen molar-refractivity contribution in [2.75, 3.05) is 5.32 Å². The van der Waals surface area contributed by atoms with Crippen molar-refractivity contribution < 1.29 is 9.90 Å². The van der Waals surface area contributed by atoms with Gasteiger partial charge in [0.25, 0.3) is 0 Å². The topological polar surface area (TPSA) is 75.1 Å². The minimum atomic E-state index is -1.03. The second-order valence-electron chi connectivity index (χ2n) is 5.05. The average Bonchev–Trinajstić information content (AvgIpc) is 2.98. The lowest BCUT2D eigenvalue weighted by Gasteiger charge is -2.22. The third kappa shape index (κ3) is 2.72. The quantitative estimate of drug-likeness (QED) is 0.834.